The molecule has 0 amide bonds. The molecule has 0 saturated heterocycles. The van der Waals surface area contributed by atoms with Gasteiger partial charge in [0, 0.05) is 6.92 Å². The predicted molar refractivity (Wildman–Crippen MR) is 25.7 cm³/mol. The number of carbonyl (C=O) groups excluding carboxylic acids is 1. The Kier molecular flexibility index (Phi) is 2.03. The summed E-state index contributed by atoms with van der Waals surface area (Å²) in [5.74, 6) is -0.312. The fraction of sp³-hybridized carbons (Fsp3) is 0.400. The van der Waals surface area contributed by atoms with Crippen molar-refractivity contribution in [1.82, 2.24) is 0 Å². The standard InChI is InChI=1S/C5H6O2/c1-4(6)3-5(2)7/h1-2H3/p+1. The molecule has 1 N–H and O–H groups in total. The molecule has 0 atom stereocenters. The molecule has 0 saturated carbocycles. The van der Waals surface area contributed by atoms with Crippen LogP contribution in [0.15, 0.2) is 5.76 Å². The summed E-state index contributed by atoms with van der Waals surface area (Å²) in [5, 5.41) is 8.31. The monoisotopic (exact) mass is 99.0 g/mol. The first kappa shape index (κ1) is 6.12. The van der Waals surface area contributed by atoms with E-state index in [0.29, 0.717) is 0 Å². The molecule has 0 aliphatic heterocycles. The highest BCUT2D eigenvalue weighted by molar-refractivity contribution is 5.83. The Bertz CT molecular complexity index is 98.6. The summed E-state index contributed by atoms with van der Waals surface area (Å²) in [6, 6.07) is 0. The van der Waals surface area contributed by atoms with E-state index >= 15 is 0 Å². The zero-order valence-electron chi connectivity index (χ0n) is 4.36. The van der Waals surface area contributed by atoms with Crippen molar-refractivity contribution < 1.29 is 9.90 Å². The lowest BCUT2D eigenvalue weighted by Gasteiger charge is -1.62. The van der Waals surface area contributed by atoms with Crippen LogP contribution in [-0.2, 0) is 4.79 Å². The number of hydrogen-bond acceptors (Lipinski definition) is 2. The van der Waals surface area contributed by atoms with Gasteiger partial charge in [0.05, 0.1) is 6.92 Å². The van der Waals surface area contributed by atoms with E-state index in [0.717, 1.165) is 0 Å². The summed E-state index contributed by atoms with van der Waals surface area (Å²) in [5.41, 5.74) is 0. The fourth-order valence-electron chi connectivity index (χ4n) is 0.255. The van der Waals surface area contributed by atoms with Gasteiger partial charge in [0.2, 0.25) is 0 Å². The maximum Gasteiger partial charge on any atom is 0.392 e. The molecule has 0 aromatic carbocycles. The van der Waals surface area contributed by atoms with E-state index < -0.39 is 0 Å². The van der Waals surface area contributed by atoms with Crippen molar-refractivity contribution in [2.75, 3.05) is 0 Å². The Morgan fingerprint density at radius 3 is 2.00 bits per heavy atom. The third kappa shape index (κ3) is 5.12. The third-order valence-electron chi connectivity index (χ3n) is 0.357. The van der Waals surface area contributed by atoms with Crippen molar-refractivity contribution in [2.45, 2.75) is 13.8 Å². The van der Waals surface area contributed by atoms with Crippen LogP contribution in [0.2, 0.25) is 0 Å². The van der Waals surface area contributed by atoms with Crippen LogP contribution in [0.5, 0.6) is 0 Å². The molecule has 0 bridgehead atoms. The van der Waals surface area contributed by atoms with Gasteiger partial charge in [-0.1, -0.05) is 0 Å². The molecule has 0 radical (unpaired) electrons. The van der Waals surface area contributed by atoms with Gasteiger partial charge in [0.1, 0.15) is 0 Å². The van der Waals surface area contributed by atoms with Gasteiger partial charge in [-0.05, 0) is 0 Å². The van der Waals surface area contributed by atoms with Gasteiger partial charge in [-0.25, -0.2) is 4.79 Å². The van der Waals surface area contributed by atoms with Gasteiger partial charge in [-0.15, -0.1) is 0 Å². The number of carbonyl (C=O) groups is 1. The number of aliphatic hydroxyl groups excluding tert-OH is 1. The first-order chi connectivity index (χ1) is 3.13. The van der Waals surface area contributed by atoms with Gasteiger partial charge in [0.25, 0.3) is 0 Å². The van der Waals surface area contributed by atoms with Crippen LogP contribution in [0, 0.1) is 6.08 Å². The SMILES string of the molecule is CC(=O)[C+]=C(C)O. The Morgan fingerprint density at radius 1 is 1.57 bits per heavy atom. The maximum atomic E-state index is 9.96. The summed E-state index contributed by atoms with van der Waals surface area (Å²) in [6.45, 7) is 2.74. The van der Waals surface area contributed by atoms with Crippen LogP contribution in [0.4, 0.5) is 0 Å². The lowest BCUT2D eigenvalue weighted by Crippen LogP contribution is -1.84. The Hall–Kier alpha value is -0.880. The van der Waals surface area contributed by atoms with E-state index in [9.17, 15) is 4.79 Å². The third-order valence-corrected chi connectivity index (χ3v) is 0.357. The lowest BCUT2D eigenvalue weighted by atomic mass is 10.4. The molecular weight excluding hydrogens is 92.1 g/mol. The highest BCUT2D eigenvalue weighted by Gasteiger charge is 2.05. The summed E-state index contributed by atoms with van der Waals surface area (Å²) in [6.07, 6.45) is 2.14. The topological polar surface area (TPSA) is 37.3 Å². The molecule has 38 valence electrons. The average molecular weight is 99.1 g/mol. The number of rotatable bonds is 1. The predicted octanol–water partition coefficient (Wildman–Crippen LogP) is 0.840. The number of ketones is 1. The van der Waals surface area contributed by atoms with Gasteiger partial charge < -0.3 is 5.11 Å². The molecule has 0 aliphatic carbocycles. The lowest BCUT2D eigenvalue weighted by molar-refractivity contribution is -0.113. The maximum absolute atomic E-state index is 9.96. The van der Waals surface area contributed by atoms with E-state index in [1.54, 1.807) is 0 Å². The minimum atomic E-state index is -0.250. The van der Waals surface area contributed by atoms with Crippen molar-refractivity contribution in [3.8, 4) is 0 Å². The number of Topliss-reactive ketones (excluding diaryl/α,β-unsaturated/α-hetero) is 1. The molecule has 0 fully saturated rings. The molecule has 2 nitrogen and oxygen atoms in total. The normalized spacial score (nSPS) is 10.3. The summed E-state index contributed by atoms with van der Waals surface area (Å²) >= 11 is 0. The molecule has 0 aliphatic rings. The van der Waals surface area contributed by atoms with Crippen molar-refractivity contribution >= 4 is 5.78 Å². The molecule has 0 rings (SSSR count). The zero-order chi connectivity index (χ0) is 5.86. The Morgan fingerprint density at radius 2 is 2.00 bits per heavy atom. The summed E-state index contributed by atoms with van der Waals surface area (Å²) < 4.78 is 0. The van der Waals surface area contributed by atoms with Crippen LogP contribution in [0.3, 0.4) is 0 Å². The minimum absolute atomic E-state index is 0.0625. The van der Waals surface area contributed by atoms with E-state index in [1.165, 1.54) is 13.8 Å². The van der Waals surface area contributed by atoms with Gasteiger partial charge in [-0.2, -0.15) is 0 Å². The zero-order valence-corrected chi connectivity index (χ0v) is 4.36. The molecule has 0 unspecified atom stereocenters. The molecule has 0 spiro atoms. The Balaban J connectivity index is 3.68. The van der Waals surface area contributed by atoms with Gasteiger partial charge >= 0.3 is 17.6 Å². The highest BCUT2D eigenvalue weighted by Crippen LogP contribution is 1.80. The molecule has 0 aromatic heterocycles. The largest absolute Gasteiger partial charge is 0.472 e. The number of hydrogen-bond donors (Lipinski definition) is 1. The van der Waals surface area contributed by atoms with E-state index in [-0.39, 0.29) is 11.5 Å². The van der Waals surface area contributed by atoms with Crippen LogP contribution in [-0.4, -0.2) is 10.9 Å². The van der Waals surface area contributed by atoms with Crippen LogP contribution in [0.25, 0.3) is 0 Å². The Labute approximate surface area is 42.5 Å². The first-order valence-corrected chi connectivity index (χ1v) is 1.93. The first-order valence-electron chi connectivity index (χ1n) is 1.93. The second kappa shape index (κ2) is 2.32. The van der Waals surface area contributed by atoms with Crippen LogP contribution in [0.1, 0.15) is 13.8 Å². The van der Waals surface area contributed by atoms with Crippen molar-refractivity contribution in [3.63, 3.8) is 0 Å². The quantitative estimate of drug-likeness (QED) is 0.300. The van der Waals surface area contributed by atoms with Gasteiger partial charge in [0.15, 0.2) is 0 Å². The van der Waals surface area contributed by atoms with Crippen molar-refractivity contribution in [3.05, 3.63) is 11.8 Å². The molecular formula is C5H7O2+. The number of allylic oxidation sites excluding steroid dienone is 2. The van der Waals surface area contributed by atoms with E-state index in [4.69, 9.17) is 5.11 Å². The van der Waals surface area contributed by atoms with E-state index in [2.05, 4.69) is 6.08 Å². The average Bonchev–Trinajstić information content (AvgIpc) is 1.27. The minimum Gasteiger partial charge on any atom is -0.472 e. The van der Waals surface area contributed by atoms with Crippen molar-refractivity contribution in [2.24, 2.45) is 0 Å². The molecule has 7 heavy (non-hydrogen) atoms. The summed E-state index contributed by atoms with van der Waals surface area (Å²) in [7, 11) is 0. The van der Waals surface area contributed by atoms with Gasteiger partial charge in [-0.3, -0.25) is 0 Å². The van der Waals surface area contributed by atoms with Crippen LogP contribution >= 0.6 is 0 Å². The molecule has 0 aromatic rings. The second-order valence-electron chi connectivity index (χ2n) is 1.27. The van der Waals surface area contributed by atoms with Crippen LogP contribution < -0.4 is 0 Å². The van der Waals surface area contributed by atoms with Crippen molar-refractivity contribution in [1.29, 1.82) is 0 Å². The summed E-state index contributed by atoms with van der Waals surface area (Å²) in [4.78, 5) is 9.96. The fourth-order valence-corrected chi connectivity index (χ4v) is 0.255. The smallest absolute Gasteiger partial charge is 0.392 e. The highest BCUT2D eigenvalue weighted by atomic mass is 16.3. The second-order valence-corrected chi connectivity index (χ2v) is 1.27. The molecule has 2 heteroatoms. The number of aliphatic hydroxyl groups is 1. The molecule has 0 heterocycles. The van der Waals surface area contributed by atoms with E-state index in [1.807, 2.05) is 0 Å².